The molecule has 1 N–H and O–H groups in total. The van der Waals surface area contributed by atoms with Gasteiger partial charge in [0.25, 0.3) is 5.91 Å². The SMILES string of the molecule is Cc1ccc(Cl)cc1-n1c(SCc2nc(C(=O)NC3CCCCC3)cs2)nnc1-c1ccco1. The number of carbonyl (C=O) groups is 1. The van der Waals surface area contributed by atoms with E-state index in [1.807, 2.05) is 47.2 Å². The van der Waals surface area contributed by atoms with Crippen molar-refractivity contribution in [3.8, 4) is 17.3 Å². The van der Waals surface area contributed by atoms with E-state index in [-0.39, 0.29) is 11.9 Å². The van der Waals surface area contributed by atoms with Crippen LogP contribution >= 0.6 is 34.7 Å². The van der Waals surface area contributed by atoms with E-state index in [2.05, 4.69) is 20.5 Å². The lowest BCUT2D eigenvalue weighted by Gasteiger charge is -2.22. The Bertz CT molecular complexity index is 1280. The van der Waals surface area contributed by atoms with E-state index in [4.69, 9.17) is 16.0 Å². The topological polar surface area (TPSA) is 85.8 Å². The van der Waals surface area contributed by atoms with Gasteiger partial charge < -0.3 is 9.73 Å². The molecule has 0 bridgehead atoms. The van der Waals surface area contributed by atoms with Crippen molar-refractivity contribution in [2.75, 3.05) is 0 Å². The zero-order chi connectivity index (χ0) is 23.5. The van der Waals surface area contributed by atoms with Gasteiger partial charge in [-0.2, -0.15) is 0 Å². The number of rotatable bonds is 7. The molecule has 0 aliphatic heterocycles. The fourth-order valence-corrected chi connectivity index (χ4v) is 5.99. The summed E-state index contributed by atoms with van der Waals surface area (Å²) in [4.78, 5) is 17.2. The van der Waals surface area contributed by atoms with Gasteiger partial charge in [-0.05, 0) is 49.6 Å². The first-order valence-electron chi connectivity index (χ1n) is 11.2. The molecule has 3 heterocycles. The van der Waals surface area contributed by atoms with Crippen LogP contribution in [0.5, 0.6) is 0 Å². The Kier molecular flexibility index (Phi) is 7.03. The van der Waals surface area contributed by atoms with Gasteiger partial charge in [0.1, 0.15) is 10.7 Å². The normalized spacial score (nSPS) is 14.4. The Morgan fingerprint density at radius 3 is 2.91 bits per heavy atom. The minimum Gasteiger partial charge on any atom is -0.461 e. The van der Waals surface area contributed by atoms with Gasteiger partial charge in [0.05, 0.1) is 17.7 Å². The summed E-state index contributed by atoms with van der Waals surface area (Å²) in [6, 6.07) is 9.66. The van der Waals surface area contributed by atoms with Crippen LogP contribution in [0, 0.1) is 6.92 Å². The number of nitrogens with one attached hydrogen (secondary N) is 1. The zero-order valence-electron chi connectivity index (χ0n) is 18.7. The first-order valence-corrected chi connectivity index (χ1v) is 13.5. The molecule has 0 atom stereocenters. The summed E-state index contributed by atoms with van der Waals surface area (Å²) in [5, 5.41) is 16.0. The highest BCUT2D eigenvalue weighted by molar-refractivity contribution is 7.98. The van der Waals surface area contributed by atoms with Crippen LogP contribution in [0.3, 0.4) is 0 Å². The predicted molar refractivity (Wildman–Crippen MR) is 135 cm³/mol. The molecule has 0 saturated heterocycles. The molecule has 5 rings (SSSR count). The summed E-state index contributed by atoms with van der Waals surface area (Å²) in [6.45, 7) is 2.02. The van der Waals surface area contributed by atoms with Gasteiger partial charge in [0.2, 0.25) is 5.82 Å². The van der Waals surface area contributed by atoms with Crippen LogP contribution in [0.25, 0.3) is 17.3 Å². The molecular formula is C24H24ClN5O2S2. The molecule has 1 fully saturated rings. The first kappa shape index (κ1) is 23.1. The molecular weight excluding hydrogens is 490 g/mol. The Balaban J connectivity index is 1.35. The molecule has 176 valence electrons. The maximum Gasteiger partial charge on any atom is 0.270 e. The monoisotopic (exact) mass is 513 g/mol. The van der Waals surface area contributed by atoms with E-state index in [0.29, 0.717) is 33.2 Å². The highest BCUT2D eigenvalue weighted by Crippen LogP contribution is 2.32. The average molecular weight is 514 g/mol. The van der Waals surface area contributed by atoms with Crippen molar-refractivity contribution in [1.29, 1.82) is 0 Å². The van der Waals surface area contributed by atoms with Crippen molar-refractivity contribution in [3.05, 3.63) is 63.3 Å². The lowest BCUT2D eigenvalue weighted by Crippen LogP contribution is -2.36. The second kappa shape index (κ2) is 10.3. The van der Waals surface area contributed by atoms with Gasteiger partial charge in [-0.1, -0.05) is 48.7 Å². The molecule has 0 radical (unpaired) electrons. The molecule has 1 amide bonds. The molecule has 3 aromatic heterocycles. The van der Waals surface area contributed by atoms with Crippen LogP contribution in [0.2, 0.25) is 5.02 Å². The maximum atomic E-state index is 12.6. The average Bonchev–Trinajstić information content (AvgIpc) is 3.60. The van der Waals surface area contributed by atoms with Crippen LogP contribution in [0.1, 0.15) is 53.2 Å². The molecule has 10 heteroatoms. The standard InChI is InChI=1S/C24H24ClN5O2S2/c1-15-9-10-16(25)12-19(15)30-22(20-8-5-11-32-20)28-29-24(30)34-14-21-27-18(13-33-21)23(31)26-17-6-3-2-4-7-17/h5,8-13,17H,2-4,6-7,14H2,1H3,(H,26,31). The molecule has 1 aliphatic rings. The fourth-order valence-electron chi connectivity index (χ4n) is 4.08. The molecule has 1 aromatic carbocycles. The quantitative estimate of drug-likeness (QED) is 0.292. The molecule has 1 saturated carbocycles. The predicted octanol–water partition coefficient (Wildman–Crippen LogP) is 6.30. The molecule has 0 spiro atoms. The van der Waals surface area contributed by atoms with Crippen LogP contribution in [0.15, 0.2) is 51.5 Å². The lowest BCUT2D eigenvalue weighted by molar-refractivity contribution is 0.0923. The van der Waals surface area contributed by atoms with Crippen LogP contribution in [-0.2, 0) is 5.75 Å². The van der Waals surface area contributed by atoms with Gasteiger partial charge >= 0.3 is 0 Å². The van der Waals surface area contributed by atoms with Crippen molar-refractivity contribution in [2.24, 2.45) is 0 Å². The third-order valence-electron chi connectivity index (χ3n) is 5.84. The number of aromatic nitrogens is 4. The van der Waals surface area contributed by atoms with Crippen molar-refractivity contribution in [1.82, 2.24) is 25.1 Å². The summed E-state index contributed by atoms with van der Waals surface area (Å²) < 4.78 is 7.55. The van der Waals surface area contributed by atoms with Gasteiger partial charge in [0, 0.05) is 16.4 Å². The lowest BCUT2D eigenvalue weighted by atomic mass is 9.95. The third kappa shape index (κ3) is 5.06. The van der Waals surface area contributed by atoms with Gasteiger partial charge in [0.15, 0.2) is 10.9 Å². The Labute approximate surface area is 211 Å². The maximum absolute atomic E-state index is 12.6. The van der Waals surface area contributed by atoms with E-state index in [9.17, 15) is 4.79 Å². The smallest absolute Gasteiger partial charge is 0.270 e. The van der Waals surface area contributed by atoms with E-state index in [1.54, 1.807) is 6.26 Å². The van der Waals surface area contributed by atoms with Crippen LogP contribution in [-0.4, -0.2) is 31.7 Å². The molecule has 7 nitrogen and oxygen atoms in total. The van der Waals surface area contributed by atoms with Gasteiger partial charge in [-0.15, -0.1) is 21.5 Å². The summed E-state index contributed by atoms with van der Waals surface area (Å²) in [5.41, 5.74) is 2.41. The van der Waals surface area contributed by atoms with E-state index >= 15 is 0 Å². The minimum absolute atomic E-state index is 0.0859. The summed E-state index contributed by atoms with van der Waals surface area (Å²) in [5.74, 6) is 1.70. The highest BCUT2D eigenvalue weighted by atomic mass is 35.5. The Hall–Kier alpha value is -2.62. The number of benzene rings is 1. The van der Waals surface area contributed by atoms with Gasteiger partial charge in [-0.3, -0.25) is 9.36 Å². The Morgan fingerprint density at radius 2 is 2.12 bits per heavy atom. The number of carbonyl (C=O) groups excluding carboxylic acids is 1. The third-order valence-corrected chi connectivity index (χ3v) is 8.04. The molecule has 34 heavy (non-hydrogen) atoms. The van der Waals surface area contributed by atoms with E-state index in [1.165, 1.54) is 42.4 Å². The zero-order valence-corrected chi connectivity index (χ0v) is 21.1. The number of hydrogen-bond donors (Lipinski definition) is 1. The first-order chi connectivity index (χ1) is 16.6. The van der Waals surface area contributed by atoms with Crippen LogP contribution in [0.4, 0.5) is 0 Å². The fraction of sp³-hybridized carbons (Fsp3) is 0.333. The number of nitrogens with zero attached hydrogens (tertiary/aromatic N) is 4. The number of amides is 1. The molecule has 4 aromatic rings. The van der Waals surface area contributed by atoms with E-state index < -0.39 is 0 Å². The van der Waals surface area contributed by atoms with Gasteiger partial charge in [-0.25, -0.2) is 4.98 Å². The van der Waals surface area contributed by atoms with Crippen molar-refractivity contribution < 1.29 is 9.21 Å². The van der Waals surface area contributed by atoms with E-state index in [0.717, 1.165) is 29.1 Å². The molecule has 1 aliphatic carbocycles. The summed E-state index contributed by atoms with van der Waals surface area (Å²) >= 11 is 9.30. The number of thioether (sulfide) groups is 1. The number of hydrogen-bond acceptors (Lipinski definition) is 7. The second-order valence-electron chi connectivity index (χ2n) is 8.27. The summed E-state index contributed by atoms with van der Waals surface area (Å²) in [7, 11) is 0. The van der Waals surface area contributed by atoms with Crippen molar-refractivity contribution >= 4 is 40.6 Å². The number of aryl methyl sites for hydroxylation is 1. The second-order valence-corrected chi connectivity index (χ2v) is 10.6. The Morgan fingerprint density at radius 1 is 1.26 bits per heavy atom. The highest BCUT2D eigenvalue weighted by Gasteiger charge is 2.21. The largest absolute Gasteiger partial charge is 0.461 e. The van der Waals surface area contributed by atoms with Crippen molar-refractivity contribution in [2.45, 2.75) is 56.0 Å². The number of halogens is 1. The van der Waals surface area contributed by atoms with Crippen LogP contribution < -0.4 is 5.32 Å². The molecule has 0 unspecified atom stereocenters. The summed E-state index contributed by atoms with van der Waals surface area (Å²) in [6.07, 6.45) is 7.32. The van der Waals surface area contributed by atoms with Crippen molar-refractivity contribution in [3.63, 3.8) is 0 Å². The number of furan rings is 1. The number of thiazole rings is 1. The minimum atomic E-state index is -0.0859.